The Bertz CT molecular complexity index is 469. The van der Waals surface area contributed by atoms with Crippen molar-refractivity contribution in [2.45, 2.75) is 12.1 Å². The molecule has 4 nitrogen and oxygen atoms in total. The van der Waals surface area contributed by atoms with Crippen LogP contribution in [0.25, 0.3) is 0 Å². The third-order valence-electron chi connectivity index (χ3n) is 3.14. The van der Waals surface area contributed by atoms with Crippen LogP contribution >= 0.6 is 11.6 Å². The van der Waals surface area contributed by atoms with Crippen molar-refractivity contribution in [3.63, 3.8) is 0 Å². The number of benzene rings is 1. The largest absolute Gasteiger partial charge is 0.390 e. The minimum Gasteiger partial charge on any atom is -0.390 e. The third kappa shape index (κ3) is 2.48. The fourth-order valence-electron chi connectivity index (χ4n) is 2.03. The van der Waals surface area contributed by atoms with Gasteiger partial charge >= 0.3 is 0 Å². The van der Waals surface area contributed by atoms with Crippen molar-refractivity contribution in [2.24, 2.45) is 0 Å². The lowest BCUT2D eigenvalue weighted by Crippen LogP contribution is -2.44. The van der Waals surface area contributed by atoms with Gasteiger partial charge in [0.2, 0.25) is 0 Å². The van der Waals surface area contributed by atoms with E-state index in [9.17, 15) is 14.3 Å². The number of likely N-dealkylation sites (N-methyl/N-ethyl adjacent to an activating group) is 1. The number of β-amino-alcohol motifs (C(OH)–C–C–N with tert-alkyl or cyclic N) is 1. The van der Waals surface area contributed by atoms with Crippen molar-refractivity contribution in [1.29, 1.82) is 0 Å². The number of aliphatic hydroxyl groups is 1. The molecule has 0 radical (unpaired) electrons. The van der Waals surface area contributed by atoms with Crippen molar-refractivity contribution in [2.75, 3.05) is 20.1 Å². The Hall–Kier alpha value is -1.17. The Balaban J connectivity index is 2.17. The average Bonchev–Trinajstić information content (AvgIpc) is 2.77. The summed E-state index contributed by atoms with van der Waals surface area (Å²) in [5.41, 5.74) is 0.221. The molecular formula is C12H14ClFN2O2. The summed E-state index contributed by atoms with van der Waals surface area (Å²) >= 11 is 5.57. The van der Waals surface area contributed by atoms with Gasteiger partial charge in [-0.05, 0) is 18.2 Å². The van der Waals surface area contributed by atoms with E-state index in [1.165, 1.54) is 17.0 Å². The average molecular weight is 273 g/mol. The second-order valence-electron chi connectivity index (χ2n) is 4.34. The van der Waals surface area contributed by atoms with Gasteiger partial charge in [0.05, 0.1) is 17.2 Å². The molecule has 1 aromatic rings. The number of halogens is 2. The van der Waals surface area contributed by atoms with Gasteiger partial charge in [-0.2, -0.15) is 0 Å². The molecule has 1 amide bonds. The molecular weight excluding hydrogens is 259 g/mol. The van der Waals surface area contributed by atoms with Crippen LogP contribution < -0.4 is 5.32 Å². The highest BCUT2D eigenvalue weighted by atomic mass is 35.5. The maximum atomic E-state index is 13.3. The lowest BCUT2D eigenvalue weighted by molar-refractivity contribution is 0.0581. The highest BCUT2D eigenvalue weighted by molar-refractivity contribution is 6.30. The highest BCUT2D eigenvalue weighted by Gasteiger charge is 2.31. The summed E-state index contributed by atoms with van der Waals surface area (Å²) in [7, 11) is 1.59. The van der Waals surface area contributed by atoms with Gasteiger partial charge in [-0.3, -0.25) is 4.79 Å². The van der Waals surface area contributed by atoms with Gasteiger partial charge in [0.25, 0.3) is 5.91 Å². The van der Waals surface area contributed by atoms with Crippen LogP contribution in [-0.4, -0.2) is 48.2 Å². The Morgan fingerprint density at radius 3 is 2.83 bits per heavy atom. The molecule has 1 aliphatic heterocycles. The second-order valence-corrected chi connectivity index (χ2v) is 4.75. The van der Waals surface area contributed by atoms with Crippen molar-refractivity contribution in [3.05, 3.63) is 34.6 Å². The van der Waals surface area contributed by atoms with Gasteiger partial charge in [-0.25, -0.2) is 4.39 Å². The highest BCUT2D eigenvalue weighted by Crippen LogP contribution is 2.18. The summed E-state index contributed by atoms with van der Waals surface area (Å²) < 4.78 is 13.3. The van der Waals surface area contributed by atoms with Gasteiger partial charge in [-0.1, -0.05) is 11.6 Å². The van der Waals surface area contributed by atoms with E-state index in [-0.39, 0.29) is 22.5 Å². The van der Waals surface area contributed by atoms with E-state index in [1.54, 1.807) is 7.05 Å². The molecule has 98 valence electrons. The van der Waals surface area contributed by atoms with Crippen LogP contribution in [0.4, 0.5) is 4.39 Å². The van der Waals surface area contributed by atoms with E-state index in [2.05, 4.69) is 5.32 Å². The first-order valence-electron chi connectivity index (χ1n) is 5.61. The van der Waals surface area contributed by atoms with E-state index in [0.29, 0.717) is 13.1 Å². The first kappa shape index (κ1) is 13.3. The van der Waals surface area contributed by atoms with Crippen LogP contribution in [0.2, 0.25) is 5.02 Å². The standard InChI is InChI=1S/C12H14ClFN2O2/c1-16(10-5-15-6-11(10)17)12(18)7-2-3-8(13)9(14)4-7/h2-4,10-11,15,17H,5-6H2,1H3/t10-,11-/m1/s1. The van der Waals surface area contributed by atoms with Gasteiger partial charge in [0.1, 0.15) is 5.82 Å². The lowest BCUT2D eigenvalue weighted by atomic mass is 10.1. The monoisotopic (exact) mass is 272 g/mol. The van der Waals surface area contributed by atoms with Gasteiger partial charge < -0.3 is 15.3 Å². The van der Waals surface area contributed by atoms with E-state index in [1.807, 2.05) is 0 Å². The number of rotatable bonds is 2. The molecule has 2 N–H and O–H groups in total. The Morgan fingerprint density at radius 2 is 2.28 bits per heavy atom. The zero-order valence-electron chi connectivity index (χ0n) is 9.86. The van der Waals surface area contributed by atoms with Gasteiger partial charge in [0, 0.05) is 25.7 Å². The van der Waals surface area contributed by atoms with Crippen LogP contribution in [0.3, 0.4) is 0 Å². The Labute approximate surface area is 109 Å². The van der Waals surface area contributed by atoms with Crippen LogP contribution in [0, 0.1) is 5.82 Å². The molecule has 0 unspecified atom stereocenters. The molecule has 1 aliphatic rings. The third-order valence-corrected chi connectivity index (χ3v) is 3.44. The topological polar surface area (TPSA) is 52.6 Å². The summed E-state index contributed by atoms with van der Waals surface area (Å²) in [6.45, 7) is 0.983. The molecule has 0 aliphatic carbocycles. The molecule has 0 bridgehead atoms. The number of carbonyl (C=O) groups is 1. The predicted octanol–water partition coefficient (Wildman–Crippen LogP) is 0.884. The summed E-state index contributed by atoms with van der Waals surface area (Å²) in [4.78, 5) is 13.5. The first-order valence-corrected chi connectivity index (χ1v) is 5.99. The van der Waals surface area contributed by atoms with Crippen molar-refractivity contribution in [1.82, 2.24) is 10.2 Å². The zero-order chi connectivity index (χ0) is 13.3. The molecule has 1 fully saturated rings. The fraction of sp³-hybridized carbons (Fsp3) is 0.417. The quantitative estimate of drug-likeness (QED) is 0.841. The number of hydrogen-bond donors (Lipinski definition) is 2. The molecule has 0 saturated carbocycles. The number of nitrogens with one attached hydrogen (secondary N) is 1. The van der Waals surface area contributed by atoms with E-state index in [4.69, 9.17) is 11.6 Å². The summed E-state index contributed by atoms with van der Waals surface area (Å²) in [6, 6.07) is 3.63. The van der Waals surface area contributed by atoms with E-state index >= 15 is 0 Å². The lowest BCUT2D eigenvalue weighted by Gasteiger charge is -2.26. The van der Waals surface area contributed by atoms with Crippen molar-refractivity contribution < 1.29 is 14.3 Å². The van der Waals surface area contributed by atoms with E-state index in [0.717, 1.165) is 6.07 Å². The normalized spacial score (nSPS) is 23.1. The number of carbonyl (C=O) groups excluding carboxylic acids is 1. The molecule has 6 heteroatoms. The Morgan fingerprint density at radius 1 is 1.56 bits per heavy atom. The fourth-order valence-corrected chi connectivity index (χ4v) is 2.15. The maximum Gasteiger partial charge on any atom is 0.254 e. The SMILES string of the molecule is CN(C(=O)c1ccc(Cl)c(F)c1)[C@@H]1CNC[C@H]1O. The predicted molar refractivity (Wildman–Crippen MR) is 66.2 cm³/mol. The van der Waals surface area contributed by atoms with Crippen molar-refractivity contribution in [3.8, 4) is 0 Å². The summed E-state index contributed by atoms with van der Waals surface area (Å²) in [5.74, 6) is -0.959. The molecule has 2 atom stereocenters. The number of nitrogens with zero attached hydrogens (tertiary/aromatic N) is 1. The molecule has 0 spiro atoms. The molecule has 1 saturated heterocycles. The molecule has 18 heavy (non-hydrogen) atoms. The summed E-state index contributed by atoms with van der Waals surface area (Å²) in [5, 5.41) is 12.7. The van der Waals surface area contributed by atoms with Crippen LogP contribution in [0.1, 0.15) is 10.4 Å². The van der Waals surface area contributed by atoms with Crippen LogP contribution in [0.15, 0.2) is 18.2 Å². The zero-order valence-corrected chi connectivity index (χ0v) is 10.6. The van der Waals surface area contributed by atoms with Gasteiger partial charge in [0.15, 0.2) is 0 Å². The van der Waals surface area contributed by atoms with Crippen LogP contribution in [-0.2, 0) is 0 Å². The minimum atomic E-state index is -0.624. The maximum absolute atomic E-state index is 13.3. The number of hydrogen-bond acceptors (Lipinski definition) is 3. The Kier molecular flexibility index (Phi) is 3.85. The number of amides is 1. The van der Waals surface area contributed by atoms with E-state index < -0.39 is 11.9 Å². The van der Waals surface area contributed by atoms with Gasteiger partial charge in [-0.15, -0.1) is 0 Å². The second kappa shape index (κ2) is 5.22. The molecule has 1 aromatic carbocycles. The van der Waals surface area contributed by atoms with Crippen molar-refractivity contribution >= 4 is 17.5 Å². The molecule has 0 aromatic heterocycles. The summed E-state index contributed by atoms with van der Waals surface area (Å²) in [6.07, 6.45) is -0.601. The minimum absolute atomic E-state index is 0.0169. The number of aliphatic hydroxyl groups excluding tert-OH is 1. The van der Waals surface area contributed by atoms with Crippen LogP contribution in [0.5, 0.6) is 0 Å². The first-order chi connectivity index (χ1) is 8.50. The molecule has 2 rings (SSSR count). The molecule has 1 heterocycles. The smallest absolute Gasteiger partial charge is 0.254 e.